The van der Waals surface area contributed by atoms with Crippen LogP contribution in [-0.4, -0.2) is 47.4 Å². The number of unbranched alkanes of at least 4 members (excludes halogenated alkanes) is 6. The number of anilines is 2. The first-order valence-electron chi connectivity index (χ1n) is 21.4. The van der Waals surface area contributed by atoms with E-state index in [1.807, 2.05) is 52.5 Å². The van der Waals surface area contributed by atoms with Crippen molar-refractivity contribution in [3.63, 3.8) is 0 Å². The summed E-state index contributed by atoms with van der Waals surface area (Å²) in [7, 11) is 8.13. The maximum Gasteiger partial charge on any atom is 0.341 e. The Bertz CT molecular complexity index is 2230. The molecule has 10 heteroatoms. The lowest BCUT2D eigenvalue weighted by molar-refractivity contribution is 0.0298. The Hall–Kier alpha value is -3.83. The Kier molecular flexibility index (Phi) is 17.0. The van der Waals surface area contributed by atoms with Crippen LogP contribution in [0.25, 0.3) is 11.1 Å². The summed E-state index contributed by atoms with van der Waals surface area (Å²) >= 11 is 15.3. The molecule has 6 rings (SSSR count). The number of nitrogens with zero attached hydrogens (tertiary/aromatic N) is 2. The summed E-state index contributed by atoms with van der Waals surface area (Å²) in [5, 5.41) is 0. The Labute approximate surface area is 402 Å². The highest BCUT2D eigenvalue weighted by molar-refractivity contribution is 9.15. The minimum absolute atomic E-state index is 0.433. The van der Waals surface area contributed by atoms with Gasteiger partial charge in [0, 0.05) is 63.0 Å². The zero-order chi connectivity index (χ0) is 44.4. The fraction of sp³-hybridized carbons (Fsp3) is 0.327. The van der Waals surface area contributed by atoms with Crippen LogP contribution in [0.1, 0.15) is 103 Å². The molecule has 5 aromatic carbocycles. The standard InChI is InChI=1S/C52H56Br4N2O4/c1-7-9-11-13-31-60-41-27-19-37(20-28-41)43(35-15-23-39(24-16-35)57(3)4)33-52(46-45(51(59)62-52)47(53)49(55)50(56)48(46)54)34-44(36-17-25-40(26-18-36)58(5)6)38-21-29-42(30-22-38)61-32-14-12-10-8-2/h15-30,33-34H,7-14,31-32H2,1-6H3. The zero-order valence-corrected chi connectivity index (χ0v) is 42.8. The SMILES string of the molecule is CCCCCCOc1ccc(C(=CC2(C=C(c3ccc(OCCCCCC)cc3)c3ccc(N(C)C)cc3)OC(=O)c3c(Br)c(Br)c(Br)c(Br)c32)c2ccc(N(C)C)cc2)cc1. The Morgan fingerprint density at radius 3 is 1.27 bits per heavy atom. The molecule has 0 bridgehead atoms. The molecule has 1 heterocycles. The lowest BCUT2D eigenvalue weighted by Gasteiger charge is -2.28. The van der Waals surface area contributed by atoms with Gasteiger partial charge in [-0.15, -0.1) is 0 Å². The van der Waals surface area contributed by atoms with Gasteiger partial charge in [0.2, 0.25) is 0 Å². The summed E-state index contributed by atoms with van der Waals surface area (Å²) in [5.41, 5.74) is 7.43. The maximum absolute atomic E-state index is 14.5. The normalized spacial score (nSPS) is 15.0. The third-order valence-corrected chi connectivity index (χ3v) is 15.9. The van der Waals surface area contributed by atoms with Gasteiger partial charge in [-0.05, 0) is 171 Å². The minimum atomic E-state index is -1.41. The van der Waals surface area contributed by atoms with Gasteiger partial charge in [-0.2, -0.15) is 0 Å². The van der Waals surface area contributed by atoms with Crippen molar-refractivity contribution in [1.29, 1.82) is 0 Å². The summed E-state index contributed by atoms with van der Waals surface area (Å²) in [6, 6.07) is 33.4. The summed E-state index contributed by atoms with van der Waals surface area (Å²) in [5.74, 6) is 1.19. The number of hydrogen-bond donors (Lipinski definition) is 0. The van der Waals surface area contributed by atoms with Crippen LogP contribution in [0.4, 0.5) is 11.4 Å². The Balaban J connectivity index is 1.60. The second-order valence-electron chi connectivity index (χ2n) is 16.1. The van der Waals surface area contributed by atoms with Gasteiger partial charge in [0.1, 0.15) is 11.5 Å². The largest absolute Gasteiger partial charge is 0.494 e. The second-order valence-corrected chi connectivity index (χ2v) is 19.2. The second kappa shape index (κ2) is 22.2. The fourth-order valence-corrected chi connectivity index (χ4v) is 10.2. The van der Waals surface area contributed by atoms with E-state index < -0.39 is 11.6 Å². The van der Waals surface area contributed by atoms with E-state index in [0.717, 1.165) is 86.4 Å². The number of ether oxygens (including phenoxy) is 3. The molecule has 0 aromatic heterocycles. The highest BCUT2D eigenvalue weighted by Gasteiger charge is 2.48. The van der Waals surface area contributed by atoms with Crippen molar-refractivity contribution in [3.8, 4) is 11.5 Å². The van der Waals surface area contributed by atoms with Crippen molar-refractivity contribution in [2.45, 2.75) is 70.8 Å². The van der Waals surface area contributed by atoms with E-state index in [0.29, 0.717) is 37.8 Å². The average molecular weight is 1090 g/mol. The molecule has 0 spiro atoms. The van der Waals surface area contributed by atoms with Crippen LogP contribution in [0.15, 0.2) is 127 Å². The molecule has 0 radical (unpaired) electrons. The van der Waals surface area contributed by atoms with E-state index in [2.05, 4.69) is 172 Å². The highest BCUT2D eigenvalue weighted by atomic mass is 79.9. The van der Waals surface area contributed by atoms with Crippen molar-refractivity contribution < 1.29 is 19.0 Å². The molecule has 0 aliphatic carbocycles. The van der Waals surface area contributed by atoms with Gasteiger partial charge >= 0.3 is 5.97 Å². The third-order valence-electron chi connectivity index (χ3n) is 11.1. The molecule has 62 heavy (non-hydrogen) atoms. The average Bonchev–Trinajstić information content (AvgIpc) is 3.57. The Morgan fingerprint density at radius 2 is 0.903 bits per heavy atom. The van der Waals surface area contributed by atoms with Crippen LogP contribution >= 0.6 is 63.7 Å². The van der Waals surface area contributed by atoms with Gasteiger partial charge in [0.15, 0.2) is 5.60 Å². The predicted molar refractivity (Wildman–Crippen MR) is 272 cm³/mol. The van der Waals surface area contributed by atoms with Crippen molar-refractivity contribution in [2.24, 2.45) is 0 Å². The van der Waals surface area contributed by atoms with Gasteiger partial charge in [0.05, 0.1) is 18.8 Å². The monoisotopic (exact) mass is 1090 g/mol. The van der Waals surface area contributed by atoms with Gasteiger partial charge in [-0.1, -0.05) is 101 Å². The molecule has 0 amide bonds. The van der Waals surface area contributed by atoms with E-state index >= 15 is 0 Å². The molecule has 1 aliphatic heterocycles. The van der Waals surface area contributed by atoms with Gasteiger partial charge < -0.3 is 24.0 Å². The lowest BCUT2D eigenvalue weighted by Crippen LogP contribution is -2.23. The van der Waals surface area contributed by atoms with E-state index in [4.69, 9.17) is 14.2 Å². The number of esters is 1. The summed E-state index contributed by atoms with van der Waals surface area (Å²) in [6.45, 7) is 5.77. The number of cyclic esters (lactones) is 1. The van der Waals surface area contributed by atoms with Crippen LogP contribution in [0.5, 0.6) is 11.5 Å². The van der Waals surface area contributed by atoms with E-state index in [1.165, 1.54) is 25.7 Å². The molecule has 1 aliphatic rings. The smallest absolute Gasteiger partial charge is 0.341 e. The number of fused-ring (bicyclic) bond motifs is 1. The van der Waals surface area contributed by atoms with E-state index in [-0.39, 0.29) is 0 Å². The lowest BCUT2D eigenvalue weighted by atomic mass is 9.83. The molecule has 0 saturated heterocycles. The predicted octanol–water partition coefficient (Wildman–Crippen LogP) is 15.4. The molecule has 0 N–H and O–H groups in total. The topological polar surface area (TPSA) is 51.2 Å². The van der Waals surface area contributed by atoms with Gasteiger partial charge in [0.25, 0.3) is 0 Å². The van der Waals surface area contributed by atoms with Crippen LogP contribution < -0.4 is 19.3 Å². The molecule has 0 fully saturated rings. The molecule has 6 nitrogen and oxygen atoms in total. The number of carbonyl (C=O) groups is 1. The van der Waals surface area contributed by atoms with Crippen molar-refractivity contribution in [3.05, 3.63) is 160 Å². The summed E-state index contributed by atoms with van der Waals surface area (Å²) in [6.07, 6.45) is 13.3. The van der Waals surface area contributed by atoms with Gasteiger partial charge in [-0.25, -0.2) is 4.79 Å². The van der Waals surface area contributed by atoms with Crippen molar-refractivity contribution in [1.82, 2.24) is 0 Å². The Morgan fingerprint density at radius 1 is 0.532 bits per heavy atom. The van der Waals surface area contributed by atoms with Crippen LogP contribution in [0.3, 0.4) is 0 Å². The first-order valence-corrected chi connectivity index (χ1v) is 24.6. The first kappa shape index (κ1) is 47.6. The summed E-state index contributed by atoms with van der Waals surface area (Å²) in [4.78, 5) is 18.6. The van der Waals surface area contributed by atoms with Gasteiger partial charge in [-0.3, -0.25) is 0 Å². The number of rotatable bonds is 20. The molecular formula is C52H56Br4N2O4. The van der Waals surface area contributed by atoms with Crippen molar-refractivity contribution >= 4 is 92.2 Å². The molecule has 326 valence electrons. The summed E-state index contributed by atoms with van der Waals surface area (Å²) < 4.78 is 21.9. The van der Waals surface area contributed by atoms with Crippen molar-refractivity contribution in [2.75, 3.05) is 51.2 Å². The molecular weight excluding hydrogens is 1040 g/mol. The van der Waals surface area contributed by atoms with E-state index in [9.17, 15) is 4.79 Å². The number of carbonyl (C=O) groups excluding carboxylic acids is 1. The highest BCUT2D eigenvalue weighted by Crippen LogP contribution is 2.54. The fourth-order valence-electron chi connectivity index (χ4n) is 7.56. The van der Waals surface area contributed by atoms with Crippen LogP contribution in [-0.2, 0) is 10.3 Å². The number of hydrogen-bond acceptors (Lipinski definition) is 6. The third kappa shape index (κ3) is 11.3. The molecule has 5 aromatic rings. The quantitative estimate of drug-likeness (QED) is 0.0335. The minimum Gasteiger partial charge on any atom is -0.494 e. The maximum atomic E-state index is 14.5. The van der Waals surface area contributed by atoms with E-state index in [1.54, 1.807) is 0 Å². The number of benzene rings is 5. The molecule has 0 saturated carbocycles. The molecule has 0 atom stereocenters. The number of halogens is 4. The van der Waals surface area contributed by atoms with Crippen LogP contribution in [0.2, 0.25) is 0 Å². The molecule has 0 unspecified atom stereocenters. The first-order chi connectivity index (χ1) is 29.9. The zero-order valence-electron chi connectivity index (χ0n) is 36.5. The van der Waals surface area contributed by atoms with Crippen LogP contribution in [0, 0.1) is 0 Å².